The summed E-state index contributed by atoms with van der Waals surface area (Å²) >= 11 is 0. The van der Waals surface area contributed by atoms with E-state index < -0.39 is 10.8 Å². The minimum Gasteiger partial charge on any atom is -0.508 e. The number of aromatic nitrogens is 1. The molecule has 2 rings (SSSR count). The van der Waals surface area contributed by atoms with Crippen molar-refractivity contribution in [1.29, 1.82) is 0 Å². The minimum atomic E-state index is -1.23. The highest BCUT2D eigenvalue weighted by molar-refractivity contribution is 7.84. The highest BCUT2D eigenvalue weighted by Gasteiger charge is 2.08. The molecule has 1 atom stereocenters. The van der Waals surface area contributed by atoms with Crippen LogP contribution in [0.5, 0.6) is 5.75 Å². The third-order valence-corrected chi connectivity index (χ3v) is 3.72. The first-order chi connectivity index (χ1) is 8.16. The molecule has 5 heteroatoms. The molecule has 17 heavy (non-hydrogen) atoms. The molecule has 1 heterocycles. The Morgan fingerprint density at radius 1 is 1.35 bits per heavy atom. The van der Waals surface area contributed by atoms with E-state index in [4.69, 9.17) is 5.73 Å². The molecule has 4 nitrogen and oxygen atoms in total. The summed E-state index contributed by atoms with van der Waals surface area (Å²) in [5, 5.41) is 9.32. The van der Waals surface area contributed by atoms with Crippen LogP contribution in [-0.2, 0) is 16.6 Å². The van der Waals surface area contributed by atoms with Crippen LogP contribution in [-0.4, -0.2) is 14.3 Å². The number of nitrogens with zero attached hydrogens (tertiary/aromatic N) is 1. The number of aromatic hydroxyl groups is 1. The summed E-state index contributed by atoms with van der Waals surface area (Å²) in [5.74, 6) is 0.491. The second kappa shape index (κ2) is 4.97. The van der Waals surface area contributed by atoms with Gasteiger partial charge in [0.15, 0.2) is 0 Å². The number of anilines is 1. The lowest BCUT2D eigenvalue weighted by Crippen LogP contribution is -2.01. The van der Waals surface area contributed by atoms with Gasteiger partial charge >= 0.3 is 0 Å². The maximum atomic E-state index is 12.1. The van der Waals surface area contributed by atoms with Gasteiger partial charge in [0.1, 0.15) is 5.75 Å². The Morgan fingerprint density at radius 3 is 2.88 bits per heavy atom. The summed E-state index contributed by atoms with van der Waals surface area (Å²) < 4.78 is 12.1. The van der Waals surface area contributed by atoms with Gasteiger partial charge in [-0.25, -0.2) is 0 Å². The van der Waals surface area contributed by atoms with E-state index in [-0.39, 0.29) is 5.75 Å². The van der Waals surface area contributed by atoms with Crippen LogP contribution in [0.3, 0.4) is 0 Å². The van der Waals surface area contributed by atoms with Gasteiger partial charge < -0.3 is 10.8 Å². The summed E-state index contributed by atoms with van der Waals surface area (Å²) in [5.41, 5.74) is 6.93. The number of hydrogen-bond acceptors (Lipinski definition) is 4. The summed E-state index contributed by atoms with van der Waals surface area (Å²) in [6.45, 7) is 0. The lowest BCUT2D eigenvalue weighted by molar-refractivity contribution is 0.475. The van der Waals surface area contributed by atoms with Gasteiger partial charge in [-0.2, -0.15) is 0 Å². The molecule has 1 aromatic heterocycles. The normalized spacial score (nSPS) is 12.2. The second-order valence-corrected chi connectivity index (χ2v) is 4.99. The van der Waals surface area contributed by atoms with Crippen molar-refractivity contribution in [3.8, 4) is 5.75 Å². The fourth-order valence-corrected chi connectivity index (χ4v) is 2.64. The van der Waals surface area contributed by atoms with Crippen LogP contribution in [0.2, 0.25) is 0 Å². The molecule has 0 aliphatic rings. The Hall–Kier alpha value is -1.88. The van der Waals surface area contributed by atoms with Crippen molar-refractivity contribution in [3.05, 3.63) is 48.3 Å². The largest absolute Gasteiger partial charge is 0.508 e. The highest BCUT2D eigenvalue weighted by atomic mass is 32.2. The van der Waals surface area contributed by atoms with Gasteiger partial charge in [0, 0.05) is 6.20 Å². The van der Waals surface area contributed by atoms with E-state index in [0.29, 0.717) is 16.3 Å². The fourth-order valence-electron chi connectivity index (χ4n) is 1.48. The molecule has 0 aliphatic heterocycles. The van der Waals surface area contributed by atoms with E-state index in [1.165, 1.54) is 6.20 Å². The van der Waals surface area contributed by atoms with Crippen LogP contribution < -0.4 is 5.73 Å². The minimum absolute atomic E-state index is 0.169. The van der Waals surface area contributed by atoms with E-state index in [1.54, 1.807) is 30.5 Å². The van der Waals surface area contributed by atoms with Gasteiger partial charge in [0.25, 0.3) is 0 Å². The van der Waals surface area contributed by atoms with Crippen molar-refractivity contribution >= 4 is 16.5 Å². The number of pyridine rings is 1. The average Bonchev–Trinajstić information content (AvgIpc) is 2.29. The van der Waals surface area contributed by atoms with Gasteiger partial charge in [-0.15, -0.1) is 0 Å². The molecule has 0 saturated carbocycles. The Morgan fingerprint density at radius 2 is 2.18 bits per heavy atom. The number of nitrogens with two attached hydrogens (primary N) is 1. The number of phenolic OH excluding ortho intramolecular Hbond substituents is 1. The Kier molecular flexibility index (Phi) is 3.39. The van der Waals surface area contributed by atoms with Crippen LogP contribution in [0.4, 0.5) is 5.69 Å². The molecule has 3 N–H and O–H groups in total. The molecule has 0 fully saturated rings. The molecule has 1 unspecified atom stereocenters. The Labute approximate surface area is 102 Å². The zero-order chi connectivity index (χ0) is 12.3. The van der Waals surface area contributed by atoms with Gasteiger partial charge in [0.2, 0.25) is 0 Å². The van der Waals surface area contributed by atoms with Crippen LogP contribution >= 0.6 is 0 Å². The fraction of sp³-hybridized carbons (Fsp3) is 0.0833. The zero-order valence-electron chi connectivity index (χ0n) is 9.04. The zero-order valence-corrected chi connectivity index (χ0v) is 9.85. The quantitative estimate of drug-likeness (QED) is 0.866. The lowest BCUT2D eigenvalue weighted by atomic mass is 10.2. The number of nitrogen functional groups attached to an aromatic ring is 1. The number of phenols is 1. The predicted molar refractivity (Wildman–Crippen MR) is 66.9 cm³/mol. The van der Waals surface area contributed by atoms with E-state index in [9.17, 15) is 9.32 Å². The number of benzene rings is 1. The molecule has 0 amide bonds. The van der Waals surface area contributed by atoms with Crippen molar-refractivity contribution < 1.29 is 9.32 Å². The molecular weight excluding hydrogens is 236 g/mol. The van der Waals surface area contributed by atoms with Crippen molar-refractivity contribution in [2.24, 2.45) is 0 Å². The average molecular weight is 248 g/mol. The molecular formula is C12H12N2O2S. The van der Waals surface area contributed by atoms with Crippen molar-refractivity contribution in [2.75, 3.05) is 5.73 Å². The summed E-state index contributed by atoms with van der Waals surface area (Å²) in [6.07, 6.45) is 3.04. The number of hydrogen-bond donors (Lipinski definition) is 2. The Bertz CT molecular complexity index is 558. The topological polar surface area (TPSA) is 76.2 Å². The first kappa shape index (κ1) is 11.6. The SMILES string of the molecule is Nc1cnccc1S(=O)Cc1cccc(O)c1. The van der Waals surface area contributed by atoms with Gasteiger partial charge in [-0.05, 0) is 23.8 Å². The van der Waals surface area contributed by atoms with Crippen molar-refractivity contribution in [1.82, 2.24) is 4.98 Å². The number of rotatable bonds is 3. The Balaban J connectivity index is 2.20. The maximum absolute atomic E-state index is 12.1. The summed E-state index contributed by atoms with van der Waals surface area (Å²) in [6, 6.07) is 8.35. The lowest BCUT2D eigenvalue weighted by Gasteiger charge is -2.05. The van der Waals surface area contributed by atoms with Crippen LogP contribution in [0, 0.1) is 0 Å². The van der Waals surface area contributed by atoms with Crippen molar-refractivity contribution in [3.63, 3.8) is 0 Å². The van der Waals surface area contributed by atoms with Crippen molar-refractivity contribution in [2.45, 2.75) is 10.6 Å². The second-order valence-electron chi connectivity index (χ2n) is 3.57. The molecule has 88 valence electrons. The van der Waals surface area contributed by atoms with Gasteiger partial charge in [-0.3, -0.25) is 9.19 Å². The predicted octanol–water partition coefficient (Wildman–Crippen LogP) is 1.68. The van der Waals surface area contributed by atoms with E-state index in [0.717, 1.165) is 5.56 Å². The standard InChI is InChI=1S/C12H12N2O2S/c13-11-7-14-5-4-12(11)17(16)8-9-2-1-3-10(15)6-9/h1-7,15H,8,13H2. The third-order valence-electron chi connectivity index (χ3n) is 2.26. The maximum Gasteiger partial charge on any atom is 0.115 e. The van der Waals surface area contributed by atoms with Gasteiger partial charge in [-0.1, -0.05) is 12.1 Å². The molecule has 0 aliphatic carbocycles. The first-order valence-electron chi connectivity index (χ1n) is 5.02. The molecule has 0 bridgehead atoms. The molecule has 0 spiro atoms. The van der Waals surface area contributed by atoms with E-state index in [1.807, 2.05) is 6.07 Å². The molecule has 1 aromatic carbocycles. The van der Waals surface area contributed by atoms with E-state index >= 15 is 0 Å². The summed E-state index contributed by atoms with van der Waals surface area (Å²) in [4.78, 5) is 4.42. The monoisotopic (exact) mass is 248 g/mol. The molecule has 2 aromatic rings. The van der Waals surface area contributed by atoms with Crippen LogP contribution in [0.1, 0.15) is 5.56 Å². The molecule has 0 radical (unpaired) electrons. The highest BCUT2D eigenvalue weighted by Crippen LogP contribution is 2.19. The van der Waals surface area contributed by atoms with E-state index in [2.05, 4.69) is 4.98 Å². The van der Waals surface area contributed by atoms with Crippen LogP contribution in [0.15, 0.2) is 47.6 Å². The van der Waals surface area contributed by atoms with Gasteiger partial charge in [0.05, 0.1) is 33.3 Å². The van der Waals surface area contributed by atoms with Crippen LogP contribution in [0.25, 0.3) is 0 Å². The smallest absolute Gasteiger partial charge is 0.115 e. The first-order valence-corrected chi connectivity index (χ1v) is 6.34. The summed E-state index contributed by atoms with van der Waals surface area (Å²) in [7, 11) is -1.23. The molecule has 0 saturated heterocycles. The third kappa shape index (κ3) is 2.82.